The Morgan fingerprint density at radius 3 is 2.36 bits per heavy atom. The SMILES string of the molecule is COc1ccc(COCCC[C@@H](OCC2=C[C@@H](C(C)C)CC[C@@H]2OCc2ccccc2)C(=O)O)cc1. The van der Waals surface area contributed by atoms with Gasteiger partial charge in [0.2, 0.25) is 0 Å². The van der Waals surface area contributed by atoms with Crippen LogP contribution in [-0.2, 0) is 32.2 Å². The van der Waals surface area contributed by atoms with Crippen LogP contribution in [0.5, 0.6) is 5.75 Å². The minimum Gasteiger partial charge on any atom is -0.497 e. The minimum absolute atomic E-state index is 0.0533. The fourth-order valence-corrected chi connectivity index (χ4v) is 4.38. The number of carbonyl (C=O) groups is 1. The Hall–Kier alpha value is -2.67. The van der Waals surface area contributed by atoms with Crippen molar-refractivity contribution in [2.75, 3.05) is 20.3 Å². The average Bonchev–Trinajstić information content (AvgIpc) is 2.89. The normalized spacial score (nSPS) is 18.6. The summed E-state index contributed by atoms with van der Waals surface area (Å²) in [6.45, 7) is 6.19. The molecule has 0 aliphatic heterocycles. The summed E-state index contributed by atoms with van der Waals surface area (Å²) in [6, 6.07) is 17.8. The first kappa shape index (κ1) is 27.9. The topological polar surface area (TPSA) is 74.2 Å². The third-order valence-corrected chi connectivity index (χ3v) is 6.66. The molecule has 0 aromatic heterocycles. The van der Waals surface area contributed by atoms with Gasteiger partial charge >= 0.3 is 5.97 Å². The van der Waals surface area contributed by atoms with Crippen LogP contribution in [0.4, 0.5) is 0 Å². The molecule has 3 rings (SSSR count). The van der Waals surface area contributed by atoms with Gasteiger partial charge in [0.15, 0.2) is 6.10 Å². The highest BCUT2D eigenvalue weighted by Gasteiger charge is 2.27. The number of methoxy groups -OCH3 is 1. The first-order valence-corrected chi connectivity index (χ1v) is 12.9. The largest absolute Gasteiger partial charge is 0.497 e. The number of hydrogen-bond acceptors (Lipinski definition) is 5. The summed E-state index contributed by atoms with van der Waals surface area (Å²) in [5.74, 6) is 0.840. The zero-order valence-corrected chi connectivity index (χ0v) is 21.7. The van der Waals surface area contributed by atoms with Gasteiger partial charge in [0.25, 0.3) is 0 Å². The van der Waals surface area contributed by atoms with Crippen LogP contribution < -0.4 is 4.74 Å². The van der Waals surface area contributed by atoms with E-state index in [1.54, 1.807) is 7.11 Å². The zero-order valence-electron chi connectivity index (χ0n) is 21.7. The summed E-state index contributed by atoms with van der Waals surface area (Å²) in [5.41, 5.74) is 3.23. The molecule has 1 N–H and O–H groups in total. The third kappa shape index (κ3) is 9.08. The van der Waals surface area contributed by atoms with Gasteiger partial charge in [-0.05, 0) is 66.4 Å². The van der Waals surface area contributed by atoms with Crippen molar-refractivity contribution in [3.05, 3.63) is 77.4 Å². The van der Waals surface area contributed by atoms with Crippen molar-refractivity contribution in [2.24, 2.45) is 11.8 Å². The Bertz CT molecular complexity index is 938. The van der Waals surface area contributed by atoms with Gasteiger partial charge in [-0.25, -0.2) is 4.79 Å². The number of carboxylic acid groups (broad SMARTS) is 1. The lowest BCUT2D eigenvalue weighted by atomic mass is 9.82. The van der Waals surface area contributed by atoms with E-state index in [4.69, 9.17) is 18.9 Å². The molecular weight excluding hydrogens is 456 g/mol. The van der Waals surface area contributed by atoms with Crippen LogP contribution in [-0.4, -0.2) is 43.6 Å². The molecule has 0 bridgehead atoms. The number of allylic oxidation sites excluding steroid dienone is 1. The monoisotopic (exact) mass is 496 g/mol. The Labute approximate surface area is 215 Å². The Morgan fingerprint density at radius 2 is 1.69 bits per heavy atom. The highest BCUT2D eigenvalue weighted by Crippen LogP contribution is 2.31. The van der Waals surface area contributed by atoms with E-state index in [-0.39, 0.29) is 12.7 Å². The maximum atomic E-state index is 11.9. The number of aliphatic carboxylic acids is 1. The number of rotatable bonds is 15. The molecule has 0 unspecified atom stereocenters. The fourth-order valence-electron chi connectivity index (χ4n) is 4.38. The molecule has 2 aromatic rings. The maximum Gasteiger partial charge on any atom is 0.332 e. The molecule has 196 valence electrons. The van der Waals surface area contributed by atoms with Crippen molar-refractivity contribution in [1.29, 1.82) is 0 Å². The lowest BCUT2D eigenvalue weighted by Gasteiger charge is -2.31. The highest BCUT2D eigenvalue weighted by molar-refractivity contribution is 5.72. The van der Waals surface area contributed by atoms with Gasteiger partial charge < -0.3 is 24.1 Å². The number of ether oxygens (including phenoxy) is 4. The van der Waals surface area contributed by atoms with Gasteiger partial charge in [0.05, 0.1) is 33.0 Å². The molecule has 6 heteroatoms. The van der Waals surface area contributed by atoms with Crippen molar-refractivity contribution in [3.63, 3.8) is 0 Å². The van der Waals surface area contributed by atoms with Gasteiger partial charge in [-0.3, -0.25) is 0 Å². The molecule has 0 saturated carbocycles. The second-order valence-corrected chi connectivity index (χ2v) is 9.69. The number of benzene rings is 2. The quantitative estimate of drug-likeness (QED) is 0.239. The van der Waals surface area contributed by atoms with E-state index in [0.717, 1.165) is 35.3 Å². The first-order chi connectivity index (χ1) is 17.5. The summed E-state index contributed by atoms with van der Waals surface area (Å²) in [5, 5.41) is 9.72. The van der Waals surface area contributed by atoms with Crippen molar-refractivity contribution < 1.29 is 28.8 Å². The lowest BCUT2D eigenvalue weighted by Crippen LogP contribution is -2.30. The molecule has 0 amide bonds. The average molecular weight is 497 g/mol. The van der Waals surface area contributed by atoms with E-state index >= 15 is 0 Å². The van der Waals surface area contributed by atoms with Gasteiger partial charge in [-0.1, -0.05) is 62.4 Å². The Kier molecular flexibility index (Phi) is 11.5. The van der Waals surface area contributed by atoms with Crippen molar-refractivity contribution in [2.45, 2.75) is 65.0 Å². The maximum absolute atomic E-state index is 11.9. The molecule has 1 aliphatic carbocycles. The van der Waals surface area contributed by atoms with Gasteiger partial charge in [0.1, 0.15) is 5.75 Å². The van der Waals surface area contributed by atoms with Crippen molar-refractivity contribution in [1.82, 2.24) is 0 Å². The third-order valence-electron chi connectivity index (χ3n) is 6.66. The fraction of sp³-hybridized carbons (Fsp3) is 0.500. The van der Waals surface area contributed by atoms with E-state index in [9.17, 15) is 9.90 Å². The summed E-state index contributed by atoms with van der Waals surface area (Å²) >= 11 is 0. The second-order valence-electron chi connectivity index (χ2n) is 9.69. The van der Waals surface area contributed by atoms with Gasteiger partial charge in [0, 0.05) is 6.61 Å². The molecule has 6 nitrogen and oxygen atoms in total. The summed E-state index contributed by atoms with van der Waals surface area (Å²) in [7, 11) is 1.64. The van der Waals surface area contributed by atoms with Crippen molar-refractivity contribution >= 4 is 5.97 Å². The molecule has 0 spiro atoms. The summed E-state index contributed by atoms with van der Waals surface area (Å²) < 4.78 is 23.1. The van der Waals surface area contributed by atoms with Crippen molar-refractivity contribution in [3.8, 4) is 5.75 Å². The van der Waals surface area contributed by atoms with Gasteiger partial charge in [-0.2, -0.15) is 0 Å². The van der Waals surface area contributed by atoms with Crippen LogP contribution in [0.2, 0.25) is 0 Å². The van der Waals surface area contributed by atoms with E-state index in [2.05, 4.69) is 32.1 Å². The van der Waals surface area contributed by atoms with E-state index < -0.39 is 12.1 Å². The zero-order chi connectivity index (χ0) is 25.8. The molecule has 0 radical (unpaired) electrons. The molecule has 0 fully saturated rings. The summed E-state index contributed by atoms with van der Waals surface area (Å²) in [4.78, 5) is 11.9. The summed E-state index contributed by atoms with van der Waals surface area (Å²) in [6.07, 6.45) is 4.31. The predicted molar refractivity (Wildman–Crippen MR) is 140 cm³/mol. The lowest BCUT2D eigenvalue weighted by molar-refractivity contribution is -0.150. The van der Waals surface area contributed by atoms with Crippen LogP contribution in [0.1, 0.15) is 50.7 Å². The smallest absolute Gasteiger partial charge is 0.332 e. The predicted octanol–water partition coefficient (Wildman–Crippen LogP) is 6.04. The highest BCUT2D eigenvalue weighted by atomic mass is 16.5. The molecule has 36 heavy (non-hydrogen) atoms. The second kappa shape index (κ2) is 14.8. The van der Waals surface area contributed by atoms with Crippen LogP contribution in [0.15, 0.2) is 66.2 Å². The van der Waals surface area contributed by atoms with Crippen LogP contribution >= 0.6 is 0 Å². The van der Waals surface area contributed by atoms with E-state index in [1.165, 1.54) is 0 Å². The van der Waals surface area contributed by atoms with Gasteiger partial charge in [-0.15, -0.1) is 0 Å². The molecule has 0 heterocycles. The van der Waals surface area contributed by atoms with Crippen LogP contribution in [0.3, 0.4) is 0 Å². The molecule has 0 saturated heterocycles. The Morgan fingerprint density at radius 1 is 0.972 bits per heavy atom. The Balaban J connectivity index is 1.48. The van der Waals surface area contributed by atoms with Crippen LogP contribution in [0.25, 0.3) is 0 Å². The standard InChI is InChI=1S/C30H40O6/c1-22(2)25-13-16-28(35-20-23-8-5-4-6-9-23)26(18-25)21-36-29(30(31)32)10-7-17-34-19-24-11-14-27(33-3)15-12-24/h4-6,8-9,11-12,14-15,18,22,25,28-29H,7,10,13,16-17,19-21H2,1-3H3,(H,31,32)/t25-,28-,29+/m0/s1. The van der Waals surface area contributed by atoms with E-state index in [0.29, 0.717) is 44.5 Å². The number of carboxylic acids is 1. The molecule has 2 aromatic carbocycles. The van der Waals surface area contributed by atoms with Crippen LogP contribution in [0, 0.1) is 11.8 Å². The van der Waals surface area contributed by atoms with E-state index in [1.807, 2.05) is 42.5 Å². The number of hydrogen-bond donors (Lipinski definition) is 1. The molecule has 1 aliphatic rings. The minimum atomic E-state index is -0.941. The first-order valence-electron chi connectivity index (χ1n) is 12.9. The molecule has 3 atom stereocenters. The molecular formula is C30H40O6.